The molecule has 6 heteroatoms. The van der Waals surface area contributed by atoms with Crippen LogP contribution < -0.4 is 11.2 Å². The van der Waals surface area contributed by atoms with E-state index in [1.807, 2.05) is 6.26 Å². The van der Waals surface area contributed by atoms with Crippen molar-refractivity contribution in [1.82, 2.24) is 9.55 Å². The predicted molar refractivity (Wildman–Crippen MR) is 54.7 cm³/mol. The van der Waals surface area contributed by atoms with Gasteiger partial charge in [-0.15, -0.1) is 0 Å². The Kier molecular flexibility index (Phi) is 3.62. The molecule has 1 aromatic rings. The highest BCUT2D eigenvalue weighted by molar-refractivity contribution is 7.98. The maximum absolute atomic E-state index is 11.1. The van der Waals surface area contributed by atoms with Gasteiger partial charge in [-0.05, 0) is 6.26 Å². The van der Waals surface area contributed by atoms with E-state index in [1.165, 1.54) is 10.8 Å². The first-order valence-corrected chi connectivity index (χ1v) is 5.40. The summed E-state index contributed by atoms with van der Waals surface area (Å²) in [5, 5.41) is 0.0423. The van der Waals surface area contributed by atoms with Crippen molar-refractivity contribution < 1.29 is 0 Å². The van der Waals surface area contributed by atoms with Gasteiger partial charge in [0.05, 0.1) is 0 Å². The lowest BCUT2D eigenvalue weighted by molar-refractivity contribution is 0.700. The SMILES string of the molecule is CSCCn1cc(Cl)c(=O)[nH]c1=O. The van der Waals surface area contributed by atoms with Gasteiger partial charge >= 0.3 is 5.69 Å². The summed E-state index contributed by atoms with van der Waals surface area (Å²) in [6.45, 7) is 0.552. The molecule has 0 radical (unpaired) electrons. The van der Waals surface area contributed by atoms with Crippen molar-refractivity contribution in [2.45, 2.75) is 6.54 Å². The number of hydrogen-bond donors (Lipinski definition) is 1. The number of nitrogens with zero attached hydrogens (tertiary/aromatic N) is 1. The minimum Gasteiger partial charge on any atom is -0.298 e. The highest BCUT2D eigenvalue weighted by Crippen LogP contribution is 1.97. The topological polar surface area (TPSA) is 54.9 Å². The molecule has 4 nitrogen and oxygen atoms in total. The van der Waals surface area contributed by atoms with Crippen LogP contribution in [0.4, 0.5) is 0 Å². The molecule has 0 aliphatic heterocycles. The largest absolute Gasteiger partial charge is 0.328 e. The minimum absolute atomic E-state index is 0.0423. The number of H-pyrrole nitrogens is 1. The Labute approximate surface area is 83.9 Å². The van der Waals surface area contributed by atoms with Gasteiger partial charge in [-0.1, -0.05) is 11.6 Å². The molecule has 0 amide bonds. The van der Waals surface area contributed by atoms with Crippen molar-refractivity contribution in [2.24, 2.45) is 0 Å². The van der Waals surface area contributed by atoms with E-state index in [4.69, 9.17) is 11.6 Å². The van der Waals surface area contributed by atoms with Gasteiger partial charge in [0.1, 0.15) is 5.02 Å². The number of thioether (sulfide) groups is 1. The molecule has 1 aromatic heterocycles. The number of aromatic nitrogens is 2. The Morgan fingerprint density at radius 3 is 2.92 bits per heavy atom. The summed E-state index contributed by atoms with van der Waals surface area (Å²) in [6, 6.07) is 0. The summed E-state index contributed by atoms with van der Waals surface area (Å²) in [7, 11) is 0. The normalized spacial score (nSPS) is 10.3. The van der Waals surface area contributed by atoms with Crippen LogP contribution in [-0.2, 0) is 6.54 Å². The van der Waals surface area contributed by atoms with Crippen LogP contribution in [0.3, 0.4) is 0 Å². The summed E-state index contributed by atoms with van der Waals surface area (Å²) in [6.07, 6.45) is 3.30. The van der Waals surface area contributed by atoms with Crippen LogP contribution in [-0.4, -0.2) is 21.6 Å². The maximum Gasteiger partial charge on any atom is 0.328 e. The molecule has 13 heavy (non-hydrogen) atoms. The van der Waals surface area contributed by atoms with Gasteiger partial charge in [0.25, 0.3) is 5.56 Å². The zero-order valence-electron chi connectivity index (χ0n) is 7.04. The van der Waals surface area contributed by atoms with E-state index in [1.54, 1.807) is 11.8 Å². The van der Waals surface area contributed by atoms with Crippen molar-refractivity contribution in [2.75, 3.05) is 12.0 Å². The van der Waals surface area contributed by atoms with Gasteiger partial charge in [-0.3, -0.25) is 14.3 Å². The van der Waals surface area contributed by atoms with Crippen molar-refractivity contribution in [1.29, 1.82) is 0 Å². The summed E-state index contributed by atoms with van der Waals surface area (Å²) in [4.78, 5) is 24.1. The van der Waals surface area contributed by atoms with Crippen molar-refractivity contribution in [3.63, 3.8) is 0 Å². The van der Waals surface area contributed by atoms with Crippen LogP contribution in [0.15, 0.2) is 15.8 Å². The lowest BCUT2D eigenvalue weighted by Gasteiger charge is -2.02. The number of hydrogen-bond acceptors (Lipinski definition) is 3. The molecule has 0 unspecified atom stereocenters. The average molecular weight is 221 g/mol. The Balaban J connectivity index is 3.02. The third-order valence-corrected chi connectivity index (χ3v) is 2.36. The number of nitrogens with one attached hydrogen (secondary N) is 1. The minimum atomic E-state index is -0.535. The molecular weight excluding hydrogens is 212 g/mol. The smallest absolute Gasteiger partial charge is 0.298 e. The fraction of sp³-hybridized carbons (Fsp3) is 0.429. The monoisotopic (exact) mass is 220 g/mol. The molecule has 1 heterocycles. The molecule has 0 fully saturated rings. The fourth-order valence-electron chi connectivity index (χ4n) is 0.838. The molecule has 0 bridgehead atoms. The first kappa shape index (κ1) is 10.4. The van der Waals surface area contributed by atoms with E-state index < -0.39 is 11.2 Å². The highest BCUT2D eigenvalue weighted by Gasteiger charge is 2.00. The molecule has 0 saturated carbocycles. The fourth-order valence-corrected chi connectivity index (χ4v) is 1.38. The Morgan fingerprint density at radius 1 is 1.62 bits per heavy atom. The van der Waals surface area contributed by atoms with Crippen LogP contribution in [0.5, 0.6) is 0 Å². The molecule has 1 rings (SSSR count). The summed E-state index contributed by atoms with van der Waals surface area (Å²) < 4.78 is 1.39. The predicted octanol–water partition coefficient (Wildman–Crippen LogP) is 0.553. The van der Waals surface area contributed by atoms with E-state index in [2.05, 4.69) is 4.98 Å². The van der Waals surface area contributed by atoms with E-state index >= 15 is 0 Å². The summed E-state index contributed by atoms with van der Waals surface area (Å²) in [5.74, 6) is 0.808. The van der Waals surface area contributed by atoms with Crippen molar-refractivity contribution >= 4 is 23.4 Å². The quantitative estimate of drug-likeness (QED) is 0.810. The number of aromatic amines is 1. The number of aryl methyl sites for hydroxylation is 1. The highest BCUT2D eigenvalue weighted by atomic mass is 35.5. The summed E-state index contributed by atoms with van der Waals surface area (Å²) in [5.41, 5.74) is -0.949. The zero-order valence-corrected chi connectivity index (χ0v) is 8.61. The average Bonchev–Trinajstić information content (AvgIpc) is 2.09. The zero-order chi connectivity index (χ0) is 9.84. The Hall–Kier alpha value is -0.680. The molecule has 0 aliphatic carbocycles. The first-order chi connectivity index (χ1) is 6.15. The molecular formula is C7H9ClN2O2S. The molecule has 0 atom stereocenters. The second-order valence-electron chi connectivity index (χ2n) is 2.42. The van der Waals surface area contributed by atoms with Crippen molar-refractivity contribution in [3.05, 3.63) is 32.1 Å². The van der Waals surface area contributed by atoms with E-state index in [9.17, 15) is 9.59 Å². The van der Waals surface area contributed by atoms with Crippen LogP contribution in [0.2, 0.25) is 5.02 Å². The van der Waals surface area contributed by atoms with Gasteiger partial charge in [0.15, 0.2) is 0 Å². The third-order valence-electron chi connectivity index (χ3n) is 1.50. The first-order valence-electron chi connectivity index (χ1n) is 3.63. The lowest BCUT2D eigenvalue weighted by Crippen LogP contribution is -2.30. The lowest BCUT2D eigenvalue weighted by atomic mass is 10.6. The van der Waals surface area contributed by atoms with Gasteiger partial charge in [-0.2, -0.15) is 11.8 Å². The maximum atomic E-state index is 11.1. The molecule has 0 spiro atoms. The van der Waals surface area contributed by atoms with E-state index in [0.29, 0.717) is 6.54 Å². The second kappa shape index (κ2) is 4.53. The van der Waals surface area contributed by atoms with Gasteiger partial charge in [0, 0.05) is 18.5 Å². The van der Waals surface area contributed by atoms with Crippen LogP contribution in [0.25, 0.3) is 0 Å². The van der Waals surface area contributed by atoms with E-state index in [0.717, 1.165) is 5.75 Å². The van der Waals surface area contributed by atoms with Crippen LogP contribution >= 0.6 is 23.4 Å². The van der Waals surface area contributed by atoms with Gasteiger partial charge in [0.2, 0.25) is 0 Å². The van der Waals surface area contributed by atoms with Gasteiger partial charge < -0.3 is 0 Å². The standard InChI is InChI=1S/C7H9ClN2O2S/c1-13-3-2-10-4-5(8)6(11)9-7(10)12/h4H,2-3H2,1H3,(H,9,11,12). The summed E-state index contributed by atoms with van der Waals surface area (Å²) >= 11 is 7.17. The van der Waals surface area contributed by atoms with Gasteiger partial charge in [-0.25, -0.2) is 4.79 Å². The molecule has 0 aliphatic rings. The second-order valence-corrected chi connectivity index (χ2v) is 3.82. The molecule has 72 valence electrons. The van der Waals surface area contributed by atoms with Crippen molar-refractivity contribution in [3.8, 4) is 0 Å². The Bertz CT molecular complexity index is 398. The van der Waals surface area contributed by atoms with Crippen LogP contribution in [0.1, 0.15) is 0 Å². The molecule has 1 N–H and O–H groups in total. The number of rotatable bonds is 3. The molecule has 0 aromatic carbocycles. The third kappa shape index (κ3) is 2.63. The number of halogens is 1. The van der Waals surface area contributed by atoms with E-state index in [-0.39, 0.29) is 5.02 Å². The Morgan fingerprint density at radius 2 is 2.31 bits per heavy atom. The molecule has 0 saturated heterocycles. The van der Waals surface area contributed by atoms with Crippen LogP contribution in [0, 0.1) is 0 Å².